The van der Waals surface area contributed by atoms with Crippen molar-refractivity contribution in [3.63, 3.8) is 0 Å². The molecule has 0 spiro atoms. The molecule has 0 aliphatic heterocycles. The highest BCUT2D eigenvalue weighted by atomic mass is 79.9. The smallest absolute Gasteiger partial charge is 0.276 e. The lowest BCUT2D eigenvalue weighted by Gasteiger charge is -2.02. The molecule has 0 aliphatic carbocycles. The Balaban J connectivity index is 2.11. The molecule has 0 aliphatic rings. The molecular formula is C12H10Br2N2O3S. The van der Waals surface area contributed by atoms with E-state index in [0.717, 1.165) is 10.0 Å². The first-order valence-electron chi connectivity index (χ1n) is 5.45. The second-order valence-electron chi connectivity index (χ2n) is 3.94. The topological polar surface area (TPSA) is 71.7 Å². The van der Waals surface area contributed by atoms with Crippen LogP contribution in [-0.2, 0) is 10.0 Å². The molecule has 1 N–H and O–H groups in total. The number of furan rings is 1. The lowest BCUT2D eigenvalue weighted by atomic mass is 10.2. The van der Waals surface area contributed by atoms with E-state index in [4.69, 9.17) is 4.42 Å². The van der Waals surface area contributed by atoms with Gasteiger partial charge in [0, 0.05) is 6.07 Å². The Kier molecular flexibility index (Phi) is 4.66. The van der Waals surface area contributed by atoms with Crippen LogP contribution in [-0.4, -0.2) is 14.6 Å². The van der Waals surface area contributed by atoms with Crippen molar-refractivity contribution in [3.8, 4) is 0 Å². The predicted molar refractivity (Wildman–Crippen MR) is 83.2 cm³/mol. The Labute approximate surface area is 133 Å². The number of sulfonamides is 1. The Morgan fingerprint density at radius 1 is 1.25 bits per heavy atom. The first-order chi connectivity index (χ1) is 9.38. The third-order valence-corrected chi connectivity index (χ3v) is 5.31. The normalized spacial score (nSPS) is 11.9. The Morgan fingerprint density at radius 3 is 2.45 bits per heavy atom. The van der Waals surface area contributed by atoms with Gasteiger partial charge in [-0.25, -0.2) is 0 Å². The van der Waals surface area contributed by atoms with E-state index in [1.165, 1.54) is 18.3 Å². The molecule has 0 amide bonds. The van der Waals surface area contributed by atoms with Crippen LogP contribution in [0.15, 0.2) is 53.9 Å². The molecule has 8 heteroatoms. The van der Waals surface area contributed by atoms with Crippen molar-refractivity contribution in [2.45, 2.75) is 11.8 Å². The molecule has 0 bridgehead atoms. The maximum atomic E-state index is 11.9. The predicted octanol–water partition coefficient (Wildman–Crippen LogP) is 3.43. The molecule has 0 atom stereocenters. The van der Waals surface area contributed by atoms with E-state index in [9.17, 15) is 8.42 Å². The van der Waals surface area contributed by atoms with Crippen molar-refractivity contribution in [2.75, 3.05) is 0 Å². The van der Waals surface area contributed by atoms with E-state index in [1.807, 2.05) is 6.92 Å². The van der Waals surface area contributed by atoms with Gasteiger partial charge in [0.15, 0.2) is 4.67 Å². The summed E-state index contributed by atoms with van der Waals surface area (Å²) in [7, 11) is -3.66. The van der Waals surface area contributed by atoms with Crippen LogP contribution in [0.2, 0.25) is 0 Å². The fourth-order valence-electron chi connectivity index (χ4n) is 1.36. The van der Waals surface area contributed by atoms with Gasteiger partial charge < -0.3 is 4.42 Å². The highest BCUT2D eigenvalue weighted by Crippen LogP contribution is 2.25. The van der Waals surface area contributed by atoms with Crippen LogP contribution in [0, 0.1) is 6.92 Å². The Hall–Kier alpha value is -1.12. The van der Waals surface area contributed by atoms with Crippen LogP contribution in [0.3, 0.4) is 0 Å². The van der Waals surface area contributed by atoms with Crippen molar-refractivity contribution in [3.05, 3.63) is 50.8 Å². The van der Waals surface area contributed by atoms with Crippen LogP contribution in [0.25, 0.3) is 0 Å². The number of aryl methyl sites for hydroxylation is 1. The van der Waals surface area contributed by atoms with E-state index in [0.29, 0.717) is 10.4 Å². The first-order valence-corrected chi connectivity index (χ1v) is 8.52. The number of hydrazone groups is 1. The van der Waals surface area contributed by atoms with Crippen LogP contribution in [0.5, 0.6) is 0 Å². The quantitative estimate of drug-likeness (QED) is 0.607. The molecule has 1 aromatic carbocycles. The van der Waals surface area contributed by atoms with Crippen molar-refractivity contribution in [1.29, 1.82) is 0 Å². The van der Waals surface area contributed by atoms with Crippen molar-refractivity contribution >= 4 is 48.1 Å². The standard InChI is InChI=1S/C12H10Br2N2O3S/c1-8-2-4-10(5-3-8)20(17,18)16-15-7-9-6-11(13)12(14)19-9/h2-7,16H,1H3/b15-7-. The van der Waals surface area contributed by atoms with E-state index in [-0.39, 0.29) is 4.90 Å². The fourth-order valence-corrected chi connectivity index (χ4v) is 2.76. The number of hydrogen-bond acceptors (Lipinski definition) is 4. The number of halogens is 2. The van der Waals surface area contributed by atoms with Crippen molar-refractivity contribution in [1.82, 2.24) is 4.83 Å². The van der Waals surface area contributed by atoms with Gasteiger partial charge in [-0.15, -0.1) is 0 Å². The highest BCUT2D eigenvalue weighted by Gasteiger charge is 2.12. The number of nitrogens with one attached hydrogen (secondary N) is 1. The Morgan fingerprint density at radius 2 is 1.90 bits per heavy atom. The zero-order chi connectivity index (χ0) is 14.8. The van der Waals surface area contributed by atoms with Gasteiger partial charge in [-0.1, -0.05) is 17.7 Å². The molecule has 0 fully saturated rings. The molecule has 0 saturated heterocycles. The monoisotopic (exact) mass is 420 g/mol. The number of rotatable bonds is 4. The van der Waals surface area contributed by atoms with Gasteiger partial charge in [0.25, 0.3) is 10.0 Å². The van der Waals surface area contributed by atoms with Gasteiger partial charge in [-0.2, -0.15) is 18.4 Å². The summed E-state index contributed by atoms with van der Waals surface area (Å²) in [6.45, 7) is 1.88. The number of nitrogens with zero attached hydrogens (tertiary/aromatic N) is 1. The van der Waals surface area contributed by atoms with Crippen LogP contribution in [0.4, 0.5) is 0 Å². The maximum absolute atomic E-state index is 11.9. The van der Waals surface area contributed by atoms with Gasteiger partial charge in [-0.3, -0.25) is 0 Å². The molecule has 5 nitrogen and oxygen atoms in total. The summed E-state index contributed by atoms with van der Waals surface area (Å²) in [4.78, 5) is 2.28. The maximum Gasteiger partial charge on any atom is 0.276 e. The lowest BCUT2D eigenvalue weighted by molar-refractivity contribution is 0.532. The van der Waals surface area contributed by atoms with Gasteiger partial charge in [0.1, 0.15) is 5.76 Å². The van der Waals surface area contributed by atoms with Crippen molar-refractivity contribution in [2.24, 2.45) is 5.10 Å². The first kappa shape index (κ1) is 15.3. The van der Waals surface area contributed by atoms with E-state index >= 15 is 0 Å². The largest absolute Gasteiger partial charge is 0.447 e. The zero-order valence-corrected chi connectivity index (χ0v) is 14.3. The molecule has 2 aromatic rings. The van der Waals surface area contributed by atoms with E-state index in [2.05, 4.69) is 41.8 Å². The van der Waals surface area contributed by atoms with E-state index < -0.39 is 10.0 Å². The third-order valence-electron chi connectivity index (χ3n) is 2.36. The van der Waals surface area contributed by atoms with Crippen LogP contribution in [0.1, 0.15) is 11.3 Å². The van der Waals surface area contributed by atoms with Gasteiger partial charge in [-0.05, 0) is 50.9 Å². The number of benzene rings is 1. The fraction of sp³-hybridized carbons (Fsp3) is 0.0833. The lowest BCUT2D eigenvalue weighted by Crippen LogP contribution is -2.18. The summed E-state index contributed by atoms with van der Waals surface area (Å²) in [5, 5.41) is 3.67. The van der Waals surface area contributed by atoms with Gasteiger partial charge >= 0.3 is 0 Å². The van der Waals surface area contributed by atoms with E-state index in [1.54, 1.807) is 18.2 Å². The summed E-state index contributed by atoms with van der Waals surface area (Å²) in [5.74, 6) is 0.412. The summed E-state index contributed by atoms with van der Waals surface area (Å²) >= 11 is 6.43. The van der Waals surface area contributed by atoms with Gasteiger partial charge in [0.05, 0.1) is 15.6 Å². The molecule has 1 heterocycles. The second-order valence-corrected chi connectivity index (χ2v) is 7.17. The Bertz CT molecular complexity index is 717. The van der Waals surface area contributed by atoms with Crippen molar-refractivity contribution < 1.29 is 12.8 Å². The minimum atomic E-state index is -3.66. The average Bonchev–Trinajstić information content (AvgIpc) is 2.69. The summed E-state index contributed by atoms with van der Waals surface area (Å²) in [6.07, 6.45) is 1.28. The van der Waals surface area contributed by atoms with Crippen LogP contribution >= 0.6 is 31.9 Å². The second kappa shape index (κ2) is 6.11. The van der Waals surface area contributed by atoms with Gasteiger partial charge in [0.2, 0.25) is 0 Å². The minimum Gasteiger partial charge on any atom is -0.447 e. The molecular weight excluding hydrogens is 412 g/mol. The zero-order valence-electron chi connectivity index (χ0n) is 10.3. The molecule has 2 rings (SSSR count). The molecule has 0 saturated carbocycles. The SMILES string of the molecule is Cc1ccc(S(=O)(=O)N/N=C\c2cc(Br)c(Br)o2)cc1. The molecule has 1 aromatic heterocycles. The molecule has 20 heavy (non-hydrogen) atoms. The highest BCUT2D eigenvalue weighted by molar-refractivity contribution is 9.13. The third kappa shape index (κ3) is 3.71. The molecule has 0 unspecified atom stereocenters. The number of hydrogen-bond donors (Lipinski definition) is 1. The van der Waals surface area contributed by atoms with Crippen LogP contribution < -0.4 is 4.83 Å². The summed E-state index contributed by atoms with van der Waals surface area (Å²) in [5.41, 5.74) is 0.984. The summed E-state index contributed by atoms with van der Waals surface area (Å²) in [6, 6.07) is 8.15. The summed E-state index contributed by atoms with van der Waals surface area (Å²) < 4.78 is 30.3. The molecule has 106 valence electrons. The molecule has 0 radical (unpaired) electrons. The minimum absolute atomic E-state index is 0.155. The average molecular weight is 422 g/mol.